The van der Waals surface area contributed by atoms with Crippen molar-refractivity contribution in [2.24, 2.45) is 0 Å². The lowest BCUT2D eigenvalue weighted by atomic mass is 10.2. The van der Waals surface area contributed by atoms with E-state index in [2.05, 4.69) is 9.38 Å². The Morgan fingerprint density at radius 3 is 2.63 bits per heavy atom. The molecule has 0 radical (unpaired) electrons. The van der Waals surface area contributed by atoms with Gasteiger partial charge in [0.15, 0.2) is 0 Å². The number of halogens is 1. The summed E-state index contributed by atoms with van der Waals surface area (Å²) < 4.78 is 16.0. The Bertz CT molecular complexity index is 938. The Hall–Kier alpha value is -2.42. The van der Waals surface area contributed by atoms with E-state index < -0.39 is 0 Å². The lowest BCUT2D eigenvalue weighted by molar-refractivity contribution is 0.640. The second kappa shape index (κ2) is 3.54. The number of para-hydroxylation sites is 2. The van der Waals surface area contributed by atoms with Gasteiger partial charge in [-0.25, -0.2) is 9.37 Å². The average Bonchev–Trinajstić information content (AvgIpc) is 2.81. The topological polar surface area (TPSA) is 17.3 Å². The zero-order chi connectivity index (χ0) is 13.0. The van der Waals surface area contributed by atoms with E-state index in [0.29, 0.717) is 5.39 Å². The molecule has 2 heterocycles. The van der Waals surface area contributed by atoms with Gasteiger partial charge in [0.1, 0.15) is 5.82 Å². The number of nitrogens with zero attached hydrogens (tertiary/aromatic N) is 2. The molecule has 0 aliphatic carbocycles. The van der Waals surface area contributed by atoms with Crippen LogP contribution in [-0.4, -0.2) is 9.38 Å². The third-order valence-corrected chi connectivity index (χ3v) is 3.57. The van der Waals surface area contributed by atoms with Crippen molar-refractivity contribution in [3.8, 4) is 0 Å². The van der Waals surface area contributed by atoms with E-state index >= 15 is 0 Å². The van der Waals surface area contributed by atoms with Crippen molar-refractivity contribution in [3.05, 3.63) is 60.0 Å². The normalized spacial score (nSPS) is 11.7. The lowest BCUT2D eigenvalue weighted by Crippen LogP contribution is -1.94. The summed E-state index contributed by atoms with van der Waals surface area (Å²) in [4.78, 5) is 4.59. The van der Waals surface area contributed by atoms with Crippen molar-refractivity contribution in [2.45, 2.75) is 6.92 Å². The molecule has 3 heteroatoms. The average molecular weight is 250 g/mol. The molecular formula is C16H11FN2. The van der Waals surface area contributed by atoms with E-state index in [1.807, 2.05) is 43.3 Å². The maximum atomic E-state index is 13.9. The molecule has 0 spiro atoms. The van der Waals surface area contributed by atoms with Gasteiger partial charge >= 0.3 is 0 Å². The zero-order valence-corrected chi connectivity index (χ0v) is 10.4. The van der Waals surface area contributed by atoms with Crippen LogP contribution in [0.5, 0.6) is 0 Å². The number of aromatic nitrogens is 2. The van der Waals surface area contributed by atoms with Gasteiger partial charge in [-0.1, -0.05) is 18.2 Å². The quantitative estimate of drug-likeness (QED) is 0.459. The Morgan fingerprint density at radius 2 is 1.74 bits per heavy atom. The molecule has 0 atom stereocenters. The predicted octanol–water partition coefficient (Wildman–Crippen LogP) is 4.09. The Morgan fingerprint density at radius 1 is 0.947 bits per heavy atom. The minimum absolute atomic E-state index is 0.190. The second-order valence-corrected chi connectivity index (χ2v) is 4.72. The molecule has 0 aliphatic rings. The number of fused-ring (bicyclic) bond motifs is 5. The molecule has 0 aliphatic heterocycles. The van der Waals surface area contributed by atoms with Crippen LogP contribution in [0.4, 0.5) is 4.39 Å². The Kier molecular flexibility index (Phi) is 1.96. The van der Waals surface area contributed by atoms with Gasteiger partial charge in [0, 0.05) is 5.39 Å². The first-order valence-electron chi connectivity index (χ1n) is 6.21. The van der Waals surface area contributed by atoms with Gasteiger partial charge in [0.25, 0.3) is 0 Å². The lowest BCUT2D eigenvalue weighted by Gasteiger charge is -2.06. The van der Waals surface area contributed by atoms with Gasteiger partial charge in [0.2, 0.25) is 0 Å². The Balaban J connectivity index is 2.40. The van der Waals surface area contributed by atoms with Crippen LogP contribution in [-0.2, 0) is 0 Å². The molecule has 4 aromatic rings. The molecule has 0 unspecified atom stereocenters. The van der Waals surface area contributed by atoms with E-state index in [1.54, 1.807) is 6.07 Å². The van der Waals surface area contributed by atoms with Crippen molar-refractivity contribution in [1.29, 1.82) is 0 Å². The molecule has 2 nitrogen and oxygen atoms in total. The highest BCUT2D eigenvalue weighted by atomic mass is 19.1. The first kappa shape index (κ1) is 10.5. The van der Waals surface area contributed by atoms with Crippen molar-refractivity contribution >= 4 is 27.5 Å². The van der Waals surface area contributed by atoms with Crippen molar-refractivity contribution in [3.63, 3.8) is 0 Å². The van der Waals surface area contributed by atoms with E-state index in [4.69, 9.17) is 0 Å². The summed E-state index contributed by atoms with van der Waals surface area (Å²) >= 11 is 0. The fraction of sp³-hybridized carbons (Fsp3) is 0.0625. The number of rotatable bonds is 0. The van der Waals surface area contributed by atoms with Crippen molar-refractivity contribution in [2.75, 3.05) is 0 Å². The highest BCUT2D eigenvalue weighted by Gasteiger charge is 2.11. The van der Waals surface area contributed by atoms with Crippen LogP contribution in [0, 0.1) is 12.7 Å². The molecule has 0 saturated heterocycles. The van der Waals surface area contributed by atoms with Crippen LogP contribution in [0.25, 0.3) is 27.5 Å². The van der Waals surface area contributed by atoms with Gasteiger partial charge in [-0.2, -0.15) is 0 Å². The van der Waals surface area contributed by atoms with E-state index in [-0.39, 0.29) is 5.82 Å². The maximum absolute atomic E-state index is 13.9. The summed E-state index contributed by atoms with van der Waals surface area (Å²) in [6, 6.07) is 15.0. The summed E-state index contributed by atoms with van der Waals surface area (Å²) in [5, 5.41) is 0.642. The number of aryl methyl sites for hydroxylation is 1. The first-order chi connectivity index (χ1) is 9.25. The largest absolute Gasteiger partial charge is 0.306 e. The van der Waals surface area contributed by atoms with Crippen molar-refractivity contribution in [1.82, 2.24) is 9.38 Å². The summed E-state index contributed by atoms with van der Waals surface area (Å²) in [5.41, 5.74) is 4.68. The molecule has 0 fully saturated rings. The summed E-state index contributed by atoms with van der Waals surface area (Å²) in [6.45, 7) is 1.96. The molecule has 0 bridgehead atoms. The number of benzene rings is 2. The van der Waals surface area contributed by atoms with Gasteiger partial charge < -0.3 is 4.40 Å². The van der Waals surface area contributed by atoms with Crippen LogP contribution >= 0.6 is 0 Å². The van der Waals surface area contributed by atoms with Gasteiger partial charge in [-0.05, 0) is 37.3 Å². The molecule has 2 aromatic heterocycles. The summed E-state index contributed by atoms with van der Waals surface area (Å²) in [6.07, 6.45) is 0. The fourth-order valence-corrected chi connectivity index (χ4v) is 2.71. The third kappa shape index (κ3) is 1.32. The smallest absolute Gasteiger partial charge is 0.132 e. The van der Waals surface area contributed by atoms with Crippen LogP contribution < -0.4 is 0 Å². The third-order valence-electron chi connectivity index (χ3n) is 3.57. The minimum Gasteiger partial charge on any atom is -0.306 e. The van der Waals surface area contributed by atoms with Crippen molar-refractivity contribution < 1.29 is 4.39 Å². The minimum atomic E-state index is -0.190. The molecule has 2 aromatic carbocycles. The monoisotopic (exact) mass is 250 g/mol. The van der Waals surface area contributed by atoms with Crippen LogP contribution in [0.1, 0.15) is 5.69 Å². The maximum Gasteiger partial charge on any atom is 0.132 e. The Labute approximate surface area is 109 Å². The molecule has 19 heavy (non-hydrogen) atoms. The standard InChI is InChI=1S/C16H11FN2/c1-10-16-9-11-12(17)5-4-8-14(11)19(16)15-7-3-2-6-13(15)18-10/h2-9H,1H3. The number of hydrogen-bond donors (Lipinski definition) is 0. The zero-order valence-electron chi connectivity index (χ0n) is 10.4. The molecule has 0 saturated carbocycles. The molecule has 0 amide bonds. The van der Waals surface area contributed by atoms with Gasteiger partial charge in [0.05, 0.1) is 27.8 Å². The summed E-state index contributed by atoms with van der Waals surface area (Å²) in [7, 11) is 0. The molecular weight excluding hydrogens is 239 g/mol. The molecule has 92 valence electrons. The van der Waals surface area contributed by atoms with E-state index in [9.17, 15) is 4.39 Å². The molecule has 0 N–H and O–H groups in total. The highest BCUT2D eigenvalue weighted by molar-refractivity contribution is 5.94. The van der Waals surface area contributed by atoms with Crippen LogP contribution in [0.3, 0.4) is 0 Å². The van der Waals surface area contributed by atoms with Crippen LogP contribution in [0.15, 0.2) is 48.5 Å². The van der Waals surface area contributed by atoms with Gasteiger partial charge in [-0.15, -0.1) is 0 Å². The van der Waals surface area contributed by atoms with E-state index in [0.717, 1.165) is 27.8 Å². The van der Waals surface area contributed by atoms with Gasteiger partial charge in [-0.3, -0.25) is 0 Å². The first-order valence-corrected chi connectivity index (χ1v) is 6.21. The fourth-order valence-electron chi connectivity index (χ4n) is 2.71. The number of hydrogen-bond acceptors (Lipinski definition) is 1. The van der Waals surface area contributed by atoms with E-state index in [1.165, 1.54) is 6.07 Å². The summed E-state index contributed by atoms with van der Waals surface area (Å²) in [5.74, 6) is -0.190. The predicted molar refractivity (Wildman–Crippen MR) is 74.9 cm³/mol. The second-order valence-electron chi connectivity index (χ2n) is 4.72. The SMILES string of the molecule is Cc1nc2ccccc2n2c1cc1c(F)cccc12. The highest BCUT2D eigenvalue weighted by Crippen LogP contribution is 2.27. The van der Waals surface area contributed by atoms with Crippen LogP contribution in [0.2, 0.25) is 0 Å². The molecule has 4 rings (SSSR count).